The van der Waals surface area contributed by atoms with E-state index >= 15 is 0 Å². The van der Waals surface area contributed by atoms with Gasteiger partial charge in [0.2, 0.25) is 13.3 Å². The van der Waals surface area contributed by atoms with E-state index in [-0.39, 0.29) is 19.2 Å². The van der Waals surface area contributed by atoms with E-state index in [0.29, 0.717) is 17.2 Å². The van der Waals surface area contributed by atoms with Crippen LogP contribution < -0.4 is 24.3 Å². The molecule has 1 aromatic heterocycles. The van der Waals surface area contributed by atoms with Gasteiger partial charge in [0.15, 0.2) is 23.9 Å². The maximum atomic E-state index is 12.1. The molecule has 1 aromatic carbocycles. The highest BCUT2D eigenvalue weighted by Crippen LogP contribution is 2.34. The van der Waals surface area contributed by atoms with Crippen LogP contribution in [0.3, 0.4) is 0 Å². The van der Waals surface area contributed by atoms with Crippen molar-refractivity contribution in [3.8, 4) is 11.5 Å². The Morgan fingerprint density at radius 3 is 2.64 bits per heavy atom. The van der Waals surface area contributed by atoms with E-state index in [1.165, 1.54) is 0 Å². The van der Waals surface area contributed by atoms with Gasteiger partial charge in [-0.1, -0.05) is 0 Å². The summed E-state index contributed by atoms with van der Waals surface area (Å²) in [6, 6.07) is 9.28. The minimum Gasteiger partial charge on any atom is -0.454 e. The van der Waals surface area contributed by atoms with Crippen LogP contribution in [0.5, 0.6) is 11.5 Å². The third kappa shape index (κ3) is 3.11. The fourth-order valence-electron chi connectivity index (χ4n) is 2.19. The van der Waals surface area contributed by atoms with Crippen molar-refractivity contribution in [2.75, 3.05) is 31.1 Å². The number of fused-ring (bicyclic) bond motifs is 1. The summed E-state index contributed by atoms with van der Waals surface area (Å²) in [5.74, 6) is 1.26. The molecule has 0 saturated heterocycles. The average Bonchev–Trinajstić information content (AvgIpc) is 2.95. The Hall–Kier alpha value is -2.76. The Morgan fingerprint density at radius 2 is 1.91 bits per heavy atom. The van der Waals surface area contributed by atoms with Gasteiger partial charge in [0.1, 0.15) is 0 Å². The number of benzene rings is 1. The molecule has 1 N–H and O–H groups in total. The maximum Gasteiger partial charge on any atom is 0.290 e. The van der Waals surface area contributed by atoms with Crippen LogP contribution >= 0.6 is 0 Å². The molecule has 0 aliphatic carbocycles. The first-order valence-electron chi connectivity index (χ1n) is 6.98. The number of nitrogens with zero attached hydrogens (tertiary/aromatic N) is 2. The third-order valence-corrected chi connectivity index (χ3v) is 3.37. The topological polar surface area (TPSA) is 54.7 Å². The van der Waals surface area contributed by atoms with Crippen molar-refractivity contribution in [1.82, 2.24) is 0 Å². The maximum absolute atomic E-state index is 12.1. The Bertz CT molecular complexity index is 684. The van der Waals surface area contributed by atoms with E-state index in [1.807, 2.05) is 48.1 Å². The largest absolute Gasteiger partial charge is 0.454 e. The standard InChI is InChI=1S/C16H17N3O3/c1-18(2)13-5-7-19(8-6-13)10-16(20)17-12-3-4-14-15(9-12)22-11-21-14/h3-9H,10-11H2,1-2H3/p+1. The number of ether oxygens (including phenoxy) is 2. The summed E-state index contributed by atoms with van der Waals surface area (Å²) in [4.78, 5) is 14.1. The average molecular weight is 300 g/mol. The van der Waals surface area contributed by atoms with Crippen molar-refractivity contribution >= 4 is 17.3 Å². The van der Waals surface area contributed by atoms with E-state index in [9.17, 15) is 4.79 Å². The summed E-state index contributed by atoms with van der Waals surface area (Å²) in [6.45, 7) is 0.475. The molecule has 22 heavy (non-hydrogen) atoms. The van der Waals surface area contributed by atoms with Gasteiger partial charge < -0.3 is 19.7 Å². The van der Waals surface area contributed by atoms with E-state index < -0.39 is 0 Å². The van der Waals surface area contributed by atoms with Gasteiger partial charge in [-0.2, -0.15) is 4.57 Å². The molecule has 2 aromatic rings. The summed E-state index contributed by atoms with van der Waals surface area (Å²) in [7, 11) is 3.96. The molecule has 2 heterocycles. The number of pyridine rings is 1. The summed E-state index contributed by atoms with van der Waals surface area (Å²) >= 11 is 0. The van der Waals surface area contributed by atoms with Crippen LogP contribution in [-0.2, 0) is 11.3 Å². The number of anilines is 2. The minimum absolute atomic E-state index is 0.0959. The van der Waals surface area contributed by atoms with Crippen LogP contribution in [0.15, 0.2) is 42.7 Å². The van der Waals surface area contributed by atoms with Crippen LogP contribution in [0.25, 0.3) is 0 Å². The number of carbonyl (C=O) groups is 1. The highest BCUT2D eigenvalue weighted by Gasteiger charge is 2.15. The fourth-order valence-corrected chi connectivity index (χ4v) is 2.19. The first kappa shape index (κ1) is 14.2. The molecule has 6 heteroatoms. The molecule has 1 aliphatic heterocycles. The SMILES string of the molecule is CN(C)c1cc[n+](CC(=O)Nc2ccc3c(c2)OCO3)cc1. The molecule has 0 saturated carbocycles. The molecule has 1 amide bonds. The van der Waals surface area contributed by atoms with Gasteiger partial charge in [-0.3, -0.25) is 4.79 Å². The zero-order valence-corrected chi connectivity index (χ0v) is 12.6. The molecule has 0 fully saturated rings. The number of rotatable bonds is 4. The number of hydrogen-bond acceptors (Lipinski definition) is 4. The Kier molecular flexibility index (Phi) is 3.82. The van der Waals surface area contributed by atoms with E-state index in [0.717, 1.165) is 5.69 Å². The van der Waals surface area contributed by atoms with Gasteiger partial charge in [0, 0.05) is 43.7 Å². The van der Waals surface area contributed by atoms with Gasteiger partial charge in [0.05, 0.1) is 0 Å². The van der Waals surface area contributed by atoms with Crippen LogP contribution in [0.1, 0.15) is 0 Å². The monoisotopic (exact) mass is 300 g/mol. The van der Waals surface area contributed by atoms with Crippen molar-refractivity contribution in [2.45, 2.75) is 6.54 Å². The molecule has 0 spiro atoms. The molecule has 0 bridgehead atoms. The molecule has 114 valence electrons. The third-order valence-electron chi connectivity index (χ3n) is 3.37. The number of aromatic nitrogens is 1. The van der Waals surface area contributed by atoms with Gasteiger partial charge in [-0.25, -0.2) is 0 Å². The van der Waals surface area contributed by atoms with E-state index in [4.69, 9.17) is 9.47 Å². The number of nitrogens with one attached hydrogen (secondary N) is 1. The zero-order valence-electron chi connectivity index (χ0n) is 12.6. The Balaban J connectivity index is 1.62. The van der Waals surface area contributed by atoms with E-state index in [2.05, 4.69) is 5.32 Å². The lowest BCUT2D eigenvalue weighted by Gasteiger charge is -2.10. The molecule has 0 atom stereocenters. The van der Waals surface area contributed by atoms with Gasteiger partial charge in [-0.05, 0) is 12.1 Å². The second kappa shape index (κ2) is 5.93. The molecule has 0 unspecified atom stereocenters. The highest BCUT2D eigenvalue weighted by atomic mass is 16.7. The quantitative estimate of drug-likeness (QED) is 0.868. The summed E-state index contributed by atoms with van der Waals surface area (Å²) in [6.07, 6.45) is 3.77. The molecule has 1 aliphatic rings. The van der Waals surface area contributed by atoms with Crippen molar-refractivity contribution in [2.24, 2.45) is 0 Å². The number of amides is 1. The summed E-state index contributed by atoms with van der Waals surface area (Å²) in [5.41, 5.74) is 1.78. The Labute approximate surface area is 128 Å². The molecule has 0 radical (unpaired) electrons. The lowest BCUT2D eigenvalue weighted by molar-refractivity contribution is -0.684. The van der Waals surface area contributed by atoms with Crippen LogP contribution in [0.2, 0.25) is 0 Å². The van der Waals surface area contributed by atoms with Crippen molar-refractivity contribution < 1.29 is 18.8 Å². The number of hydrogen-bond donors (Lipinski definition) is 1. The lowest BCUT2D eigenvalue weighted by atomic mass is 10.2. The molecular formula is C16H18N3O3+. The number of carbonyl (C=O) groups excluding carboxylic acids is 1. The first-order chi connectivity index (χ1) is 10.6. The fraction of sp³-hybridized carbons (Fsp3) is 0.250. The predicted molar refractivity (Wildman–Crippen MR) is 82.2 cm³/mol. The smallest absolute Gasteiger partial charge is 0.290 e. The molecule has 6 nitrogen and oxygen atoms in total. The minimum atomic E-state index is -0.0959. The Morgan fingerprint density at radius 1 is 1.18 bits per heavy atom. The summed E-state index contributed by atoms with van der Waals surface area (Å²) in [5, 5.41) is 2.85. The lowest BCUT2D eigenvalue weighted by Crippen LogP contribution is -2.39. The van der Waals surface area contributed by atoms with Crippen LogP contribution in [0.4, 0.5) is 11.4 Å². The van der Waals surface area contributed by atoms with Crippen molar-refractivity contribution in [3.63, 3.8) is 0 Å². The summed E-state index contributed by atoms with van der Waals surface area (Å²) < 4.78 is 12.4. The van der Waals surface area contributed by atoms with Crippen molar-refractivity contribution in [1.29, 1.82) is 0 Å². The predicted octanol–water partition coefficient (Wildman–Crippen LogP) is 1.41. The van der Waals surface area contributed by atoms with Crippen LogP contribution in [0, 0.1) is 0 Å². The van der Waals surface area contributed by atoms with Gasteiger partial charge in [0.25, 0.3) is 5.91 Å². The first-order valence-corrected chi connectivity index (χ1v) is 6.98. The van der Waals surface area contributed by atoms with Crippen molar-refractivity contribution in [3.05, 3.63) is 42.7 Å². The van der Waals surface area contributed by atoms with E-state index in [1.54, 1.807) is 18.2 Å². The highest BCUT2D eigenvalue weighted by molar-refractivity contribution is 5.90. The normalized spacial score (nSPS) is 12.1. The van der Waals surface area contributed by atoms with Gasteiger partial charge >= 0.3 is 0 Å². The second-order valence-electron chi connectivity index (χ2n) is 5.24. The van der Waals surface area contributed by atoms with Crippen LogP contribution in [-0.4, -0.2) is 26.8 Å². The second-order valence-corrected chi connectivity index (χ2v) is 5.24. The zero-order chi connectivity index (χ0) is 15.5. The molecular weight excluding hydrogens is 282 g/mol. The van der Waals surface area contributed by atoms with Gasteiger partial charge in [-0.15, -0.1) is 0 Å². The molecule has 3 rings (SSSR count).